The molecule has 1 aliphatic heterocycles. The smallest absolute Gasteiger partial charge is 0.123 e. The van der Waals surface area contributed by atoms with Gasteiger partial charge in [-0.15, -0.1) is 0 Å². The second kappa shape index (κ2) is 5.41. The van der Waals surface area contributed by atoms with Gasteiger partial charge in [0.15, 0.2) is 0 Å². The predicted octanol–water partition coefficient (Wildman–Crippen LogP) is 2.23. The third kappa shape index (κ3) is 3.03. The molecule has 1 aromatic rings. The normalized spacial score (nSPS) is 23.0. The number of rotatable bonds is 3. The summed E-state index contributed by atoms with van der Waals surface area (Å²) in [4.78, 5) is 0. The third-order valence-electron chi connectivity index (χ3n) is 3.13. The molecule has 2 rings (SSSR count). The van der Waals surface area contributed by atoms with E-state index in [0.717, 1.165) is 18.7 Å². The van der Waals surface area contributed by atoms with Crippen LogP contribution in [-0.4, -0.2) is 19.1 Å². The Morgan fingerprint density at radius 1 is 1.50 bits per heavy atom. The average molecular weight is 222 g/mol. The minimum Gasteiger partial charge on any atom is -0.315 e. The maximum Gasteiger partial charge on any atom is 0.123 e. The van der Waals surface area contributed by atoms with E-state index in [9.17, 15) is 4.39 Å². The van der Waals surface area contributed by atoms with Crippen molar-refractivity contribution in [1.29, 1.82) is 0 Å². The van der Waals surface area contributed by atoms with Crippen LogP contribution in [0.2, 0.25) is 0 Å². The Labute approximate surface area is 96.2 Å². The predicted molar refractivity (Wildman–Crippen MR) is 63.8 cm³/mol. The van der Waals surface area contributed by atoms with Gasteiger partial charge in [-0.3, -0.25) is 0 Å². The molecule has 3 heteroatoms. The van der Waals surface area contributed by atoms with Crippen LogP contribution in [0.25, 0.3) is 0 Å². The Hall–Kier alpha value is -0.930. The SMILES string of the molecule is C[C@@H](NC1CCCNC1)c1cccc(F)c1. The third-order valence-corrected chi connectivity index (χ3v) is 3.13. The second-order valence-electron chi connectivity index (χ2n) is 4.49. The van der Waals surface area contributed by atoms with E-state index in [1.165, 1.54) is 18.9 Å². The van der Waals surface area contributed by atoms with Gasteiger partial charge in [-0.05, 0) is 44.0 Å². The van der Waals surface area contributed by atoms with Gasteiger partial charge in [0.2, 0.25) is 0 Å². The largest absolute Gasteiger partial charge is 0.315 e. The molecule has 0 aliphatic carbocycles. The lowest BCUT2D eigenvalue weighted by molar-refractivity contribution is 0.361. The van der Waals surface area contributed by atoms with Crippen molar-refractivity contribution in [2.45, 2.75) is 31.8 Å². The summed E-state index contributed by atoms with van der Waals surface area (Å²) in [6.45, 7) is 4.22. The summed E-state index contributed by atoms with van der Waals surface area (Å²) in [5, 5.41) is 6.90. The number of halogens is 1. The highest BCUT2D eigenvalue weighted by Crippen LogP contribution is 2.15. The summed E-state index contributed by atoms with van der Waals surface area (Å²) in [6.07, 6.45) is 2.42. The molecule has 0 amide bonds. The summed E-state index contributed by atoms with van der Waals surface area (Å²) in [6, 6.07) is 7.54. The van der Waals surface area contributed by atoms with Crippen molar-refractivity contribution in [3.8, 4) is 0 Å². The first kappa shape index (κ1) is 11.6. The van der Waals surface area contributed by atoms with Gasteiger partial charge >= 0.3 is 0 Å². The van der Waals surface area contributed by atoms with Crippen LogP contribution in [0.15, 0.2) is 24.3 Å². The van der Waals surface area contributed by atoms with Crippen LogP contribution < -0.4 is 10.6 Å². The molecular weight excluding hydrogens is 203 g/mol. The van der Waals surface area contributed by atoms with E-state index in [4.69, 9.17) is 0 Å². The first-order chi connectivity index (χ1) is 7.75. The van der Waals surface area contributed by atoms with Gasteiger partial charge in [0.1, 0.15) is 5.82 Å². The van der Waals surface area contributed by atoms with Crippen molar-refractivity contribution in [3.05, 3.63) is 35.6 Å². The van der Waals surface area contributed by atoms with E-state index in [-0.39, 0.29) is 11.9 Å². The topological polar surface area (TPSA) is 24.1 Å². The van der Waals surface area contributed by atoms with E-state index in [1.807, 2.05) is 6.07 Å². The van der Waals surface area contributed by atoms with Crippen molar-refractivity contribution in [2.75, 3.05) is 13.1 Å². The van der Waals surface area contributed by atoms with Gasteiger partial charge in [-0.1, -0.05) is 12.1 Å². The maximum absolute atomic E-state index is 13.1. The van der Waals surface area contributed by atoms with Crippen LogP contribution in [0.1, 0.15) is 31.4 Å². The Morgan fingerprint density at radius 2 is 2.38 bits per heavy atom. The van der Waals surface area contributed by atoms with Crippen molar-refractivity contribution < 1.29 is 4.39 Å². The monoisotopic (exact) mass is 222 g/mol. The number of nitrogens with one attached hydrogen (secondary N) is 2. The molecule has 2 nitrogen and oxygen atoms in total. The molecule has 1 aliphatic rings. The Bertz CT molecular complexity index is 334. The van der Waals surface area contributed by atoms with Crippen LogP contribution in [0, 0.1) is 5.82 Å². The van der Waals surface area contributed by atoms with Gasteiger partial charge in [-0.25, -0.2) is 4.39 Å². The Balaban J connectivity index is 1.94. The molecule has 0 aromatic heterocycles. The van der Waals surface area contributed by atoms with Crippen LogP contribution in [0.5, 0.6) is 0 Å². The molecule has 1 heterocycles. The highest BCUT2D eigenvalue weighted by Gasteiger charge is 2.15. The van der Waals surface area contributed by atoms with Gasteiger partial charge in [-0.2, -0.15) is 0 Å². The van der Waals surface area contributed by atoms with E-state index in [2.05, 4.69) is 17.6 Å². The van der Waals surface area contributed by atoms with Crippen molar-refractivity contribution in [1.82, 2.24) is 10.6 Å². The minimum absolute atomic E-state index is 0.159. The standard InChI is InChI=1S/C13H19FN2/c1-10(11-4-2-5-12(14)8-11)16-13-6-3-7-15-9-13/h2,4-5,8,10,13,15-16H,3,6-7,9H2,1H3/t10-,13?/m1/s1. The van der Waals surface area contributed by atoms with Crippen LogP contribution in [-0.2, 0) is 0 Å². The van der Waals surface area contributed by atoms with Crippen LogP contribution in [0.3, 0.4) is 0 Å². The summed E-state index contributed by atoms with van der Waals surface area (Å²) in [5.74, 6) is -0.159. The minimum atomic E-state index is -0.159. The van der Waals surface area contributed by atoms with Crippen LogP contribution >= 0.6 is 0 Å². The fourth-order valence-corrected chi connectivity index (χ4v) is 2.22. The Morgan fingerprint density at radius 3 is 3.06 bits per heavy atom. The summed E-state index contributed by atoms with van der Waals surface area (Å²) in [5.41, 5.74) is 1.02. The van der Waals surface area contributed by atoms with Crippen molar-refractivity contribution >= 4 is 0 Å². The number of hydrogen-bond donors (Lipinski definition) is 2. The van der Waals surface area contributed by atoms with Crippen molar-refractivity contribution in [2.24, 2.45) is 0 Å². The van der Waals surface area contributed by atoms with E-state index in [0.29, 0.717) is 6.04 Å². The quantitative estimate of drug-likeness (QED) is 0.819. The zero-order valence-electron chi connectivity index (χ0n) is 9.67. The molecule has 88 valence electrons. The molecule has 1 saturated heterocycles. The van der Waals surface area contributed by atoms with Gasteiger partial charge in [0.25, 0.3) is 0 Å². The fourth-order valence-electron chi connectivity index (χ4n) is 2.22. The first-order valence-corrected chi connectivity index (χ1v) is 5.98. The molecule has 16 heavy (non-hydrogen) atoms. The molecule has 1 unspecified atom stereocenters. The number of hydrogen-bond acceptors (Lipinski definition) is 2. The molecule has 1 aromatic carbocycles. The van der Waals surface area contributed by atoms with E-state index in [1.54, 1.807) is 12.1 Å². The highest BCUT2D eigenvalue weighted by molar-refractivity contribution is 5.19. The Kier molecular flexibility index (Phi) is 3.91. The molecule has 0 bridgehead atoms. The lowest BCUT2D eigenvalue weighted by Gasteiger charge is -2.27. The molecule has 0 saturated carbocycles. The second-order valence-corrected chi connectivity index (χ2v) is 4.49. The summed E-state index contributed by atoms with van der Waals surface area (Å²) >= 11 is 0. The average Bonchev–Trinajstić information content (AvgIpc) is 2.30. The summed E-state index contributed by atoms with van der Waals surface area (Å²) < 4.78 is 13.1. The zero-order chi connectivity index (χ0) is 11.4. The lowest BCUT2D eigenvalue weighted by atomic mass is 10.0. The summed E-state index contributed by atoms with van der Waals surface area (Å²) in [7, 11) is 0. The van der Waals surface area contributed by atoms with Gasteiger partial charge in [0, 0.05) is 18.6 Å². The molecule has 2 atom stereocenters. The molecular formula is C13H19FN2. The van der Waals surface area contributed by atoms with E-state index >= 15 is 0 Å². The van der Waals surface area contributed by atoms with E-state index < -0.39 is 0 Å². The molecule has 0 spiro atoms. The van der Waals surface area contributed by atoms with Crippen LogP contribution in [0.4, 0.5) is 4.39 Å². The van der Waals surface area contributed by atoms with Crippen molar-refractivity contribution in [3.63, 3.8) is 0 Å². The first-order valence-electron chi connectivity index (χ1n) is 5.98. The highest BCUT2D eigenvalue weighted by atomic mass is 19.1. The van der Waals surface area contributed by atoms with Gasteiger partial charge < -0.3 is 10.6 Å². The maximum atomic E-state index is 13.1. The number of piperidine rings is 1. The number of benzene rings is 1. The lowest BCUT2D eigenvalue weighted by Crippen LogP contribution is -2.43. The molecule has 1 fully saturated rings. The molecule has 0 radical (unpaired) electrons. The molecule has 2 N–H and O–H groups in total. The fraction of sp³-hybridized carbons (Fsp3) is 0.538. The van der Waals surface area contributed by atoms with Gasteiger partial charge in [0.05, 0.1) is 0 Å². The zero-order valence-corrected chi connectivity index (χ0v) is 9.67.